The predicted octanol–water partition coefficient (Wildman–Crippen LogP) is 2.88. The molecule has 0 radical (unpaired) electrons. The number of nitrogens with one attached hydrogen (secondary N) is 1. The van der Waals surface area contributed by atoms with Gasteiger partial charge in [0.05, 0.1) is 0 Å². The fourth-order valence-electron chi connectivity index (χ4n) is 3.14. The minimum Gasteiger partial charge on any atom is -0.352 e. The Labute approximate surface area is 125 Å². The number of amides is 1. The summed E-state index contributed by atoms with van der Waals surface area (Å²) in [4.78, 5) is 14.9. The van der Waals surface area contributed by atoms with Gasteiger partial charge < -0.3 is 5.32 Å². The summed E-state index contributed by atoms with van der Waals surface area (Å²) in [6.45, 7) is 4.09. The summed E-state index contributed by atoms with van der Waals surface area (Å²) in [5.74, 6) is 0.417. The highest BCUT2D eigenvalue weighted by Gasteiger charge is 2.33. The van der Waals surface area contributed by atoms with Crippen LogP contribution in [0.15, 0.2) is 24.3 Å². The number of piperidine rings is 1. The Morgan fingerprint density at radius 2 is 2.00 bits per heavy atom. The molecule has 2 atom stereocenters. The Morgan fingerprint density at radius 1 is 1.29 bits per heavy atom. The standard InChI is InChI=1S/C17H23FN2O/c1-12-3-2-10-20(11-12)16(17(21)19-15-8-9-15)13-4-6-14(18)7-5-13/h4-7,12,15-16H,2-3,8-11H2,1H3,(H,19,21). The van der Waals surface area contributed by atoms with Gasteiger partial charge >= 0.3 is 0 Å². The Balaban J connectivity index is 1.82. The van der Waals surface area contributed by atoms with Crippen LogP contribution in [0.3, 0.4) is 0 Å². The Morgan fingerprint density at radius 3 is 2.62 bits per heavy atom. The van der Waals surface area contributed by atoms with E-state index in [0.717, 1.165) is 37.9 Å². The molecule has 1 heterocycles. The fourth-order valence-corrected chi connectivity index (χ4v) is 3.14. The molecular weight excluding hydrogens is 267 g/mol. The lowest BCUT2D eigenvalue weighted by molar-refractivity contribution is -0.127. The second-order valence-electron chi connectivity index (χ2n) is 6.48. The third-order valence-electron chi connectivity index (χ3n) is 4.41. The van der Waals surface area contributed by atoms with Crippen molar-refractivity contribution in [2.45, 2.75) is 44.7 Å². The van der Waals surface area contributed by atoms with Crippen molar-refractivity contribution in [3.63, 3.8) is 0 Å². The second kappa shape index (κ2) is 6.14. The first kappa shape index (κ1) is 14.5. The lowest BCUT2D eigenvalue weighted by Crippen LogP contribution is -2.45. The Hall–Kier alpha value is -1.42. The summed E-state index contributed by atoms with van der Waals surface area (Å²) in [6.07, 6.45) is 4.50. The Kier molecular flexibility index (Phi) is 4.24. The van der Waals surface area contributed by atoms with Crippen molar-refractivity contribution in [3.8, 4) is 0 Å². The first-order valence-corrected chi connectivity index (χ1v) is 7.93. The van der Waals surface area contributed by atoms with E-state index in [9.17, 15) is 9.18 Å². The van der Waals surface area contributed by atoms with Crippen LogP contribution in [0.1, 0.15) is 44.2 Å². The molecule has 2 aliphatic rings. The molecule has 3 rings (SSSR count). The monoisotopic (exact) mass is 290 g/mol. The number of nitrogens with zero attached hydrogens (tertiary/aromatic N) is 1. The molecular formula is C17H23FN2O. The van der Waals surface area contributed by atoms with Crippen LogP contribution in [0.4, 0.5) is 4.39 Å². The van der Waals surface area contributed by atoms with E-state index in [1.165, 1.54) is 18.6 Å². The van der Waals surface area contributed by atoms with E-state index in [4.69, 9.17) is 0 Å². The topological polar surface area (TPSA) is 32.3 Å². The molecule has 21 heavy (non-hydrogen) atoms. The number of hydrogen-bond acceptors (Lipinski definition) is 2. The third kappa shape index (κ3) is 3.62. The molecule has 0 aromatic heterocycles. The molecule has 2 fully saturated rings. The molecule has 1 aliphatic carbocycles. The molecule has 1 aromatic carbocycles. The average Bonchev–Trinajstić information content (AvgIpc) is 3.25. The van der Waals surface area contributed by atoms with Crippen LogP contribution in [-0.4, -0.2) is 29.9 Å². The van der Waals surface area contributed by atoms with Crippen molar-refractivity contribution < 1.29 is 9.18 Å². The summed E-state index contributed by atoms with van der Waals surface area (Å²) in [5, 5.41) is 3.10. The van der Waals surface area contributed by atoms with Crippen LogP contribution < -0.4 is 5.32 Å². The zero-order valence-electron chi connectivity index (χ0n) is 12.5. The minimum atomic E-state index is -0.283. The van der Waals surface area contributed by atoms with Gasteiger partial charge in [-0.15, -0.1) is 0 Å². The van der Waals surface area contributed by atoms with E-state index >= 15 is 0 Å². The Bertz CT molecular complexity index is 498. The highest BCUT2D eigenvalue weighted by atomic mass is 19.1. The SMILES string of the molecule is CC1CCCN(C(C(=O)NC2CC2)c2ccc(F)cc2)C1. The van der Waals surface area contributed by atoms with Crippen LogP contribution in [-0.2, 0) is 4.79 Å². The second-order valence-corrected chi connectivity index (χ2v) is 6.48. The first-order valence-electron chi connectivity index (χ1n) is 7.93. The molecule has 1 amide bonds. The summed E-state index contributed by atoms with van der Waals surface area (Å²) in [6, 6.07) is 6.44. The van der Waals surface area contributed by atoms with Gasteiger partial charge in [0.15, 0.2) is 0 Å². The van der Waals surface area contributed by atoms with Gasteiger partial charge in [-0.3, -0.25) is 9.69 Å². The zero-order valence-corrected chi connectivity index (χ0v) is 12.5. The zero-order chi connectivity index (χ0) is 14.8. The lowest BCUT2D eigenvalue weighted by Gasteiger charge is -2.36. The number of rotatable bonds is 4. The van der Waals surface area contributed by atoms with Gasteiger partial charge in [-0.2, -0.15) is 0 Å². The molecule has 1 aliphatic heterocycles. The van der Waals surface area contributed by atoms with Crippen molar-refractivity contribution in [1.29, 1.82) is 0 Å². The van der Waals surface area contributed by atoms with Gasteiger partial charge in [-0.1, -0.05) is 19.1 Å². The predicted molar refractivity (Wildman–Crippen MR) is 80.3 cm³/mol. The maximum absolute atomic E-state index is 13.2. The molecule has 1 saturated carbocycles. The van der Waals surface area contributed by atoms with Crippen molar-refractivity contribution in [2.75, 3.05) is 13.1 Å². The van der Waals surface area contributed by atoms with Crippen LogP contribution in [0, 0.1) is 11.7 Å². The molecule has 3 nitrogen and oxygen atoms in total. The van der Waals surface area contributed by atoms with Crippen molar-refractivity contribution >= 4 is 5.91 Å². The maximum Gasteiger partial charge on any atom is 0.242 e. The van der Waals surface area contributed by atoms with Gasteiger partial charge in [0.25, 0.3) is 0 Å². The molecule has 4 heteroatoms. The van der Waals surface area contributed by atoms with Crippen molar-refractivity contribution in [1.82, 2.24) is 10.2 Å². The number of hydrogen-bond donors (Lipinski definition) is 1. The summed E-state index contributed by atoms with van der Waals surface area (Å²) in [5.41, 5.74) is 0.892. The van der Waals surface area contributed by atoms with E-state index in [-0.39, 0.29) is 17.8 Å². The summed E-state index contributed by atoms with van der Waals surface area (Å²) < 4.78 is 13.2. The quantitative estimate of drug-likeness (QED) is 0.925. The van der Waals surface area contributed by atoms with Crippen molar-refractivity contribution in [2.24, 2.45) is 5.92 Å². The summed E-state index contributed by atoms with van der Waals surface area (Å²) >= 11 is 0. The minimum absolute atomic E-state index is 0.0678. The normalized spacial score (nSPS) is 24.6. The van der Waals surface area contributed by atoms with E-state index in [1.54, 1.807) is 12.1 Å². The van der Waals surface area contributed by atoms with E-state index in [2.05, 4.69) is 17.1 Å². The van der Waals surface area contributed by atoms with E-state index in [1.807, 2.05) is 0 Å². The van der Waals surface area contributed by atoms with Gasteiger partial charge in [0, 0.05) is 12.6 Å². The molecule has 0 spiro atoms. The van der Waals surface area contributed by atoms with Gasteiger partial charge in [0.2, 0.25) is 5.91 Å². The number of benzene rings is 1. The molecule has 0 bridgehead atoms. The van der Waals surface area contributed by atoms with E-state index < -0.39 is 0 Å². The molecule has 2 unspecified atom stereocenters. The van der Waals surface area contributed by atoms with Crippen LogP contribution in [0.5, 0.6) is 0 Å². The van der Waals surface area contributed by atoms with Crippen LogP contribution >= 0.6 is 0 Å². The van der Waals surface area contributed by atoms with E-state index in [0.29, 0.717) is 12.0 Å². The third-order valence-corrected chi connectivity index (χ3v) is 4.41. The average molecular weight is 290 g/mol. The van der Waals surface area contributed by atoms with Gasteiger partial charge in [-0.25, -0.2) is 4.39 Å². The maximum atomic E-state index is 13.2. The number of carbonyl (C=O) groups excluding carboxylic acids is 1. The first-order chi connectivity index (χ1) is 10.1. The van der Waals surface area contributed by atoms with Gasteiger partial charge in [-0.05, 0) is 55.8 Å². The fraction of sp³-hybridized carbons (Fsp3) is 0.588. The molecule has 1 aromatic rings. The lowest BCUT2D eigenvalue weighted by atomic mass is 9.95. The summed E-state index contributed by atoms with van der Waals surface area (Å²) in [7, 11) is 0. The number of likely N-dealkylation sites (tertiary alicyclic amines) is 1. The largest absolute Gasteiger partial charge is 0.352 e. The number of halogens is 1. The number of carbonyl (C=O) groups is 1. The highest BCUT2D eigenvalue weighted by Crippen LogP contribution is 2.29. The van der Waals surface area contributed by atoms with Crippen LogP contribution in [0.25, 0.3) is 0 Å². The highest BCUT2D eigenvalue weighted by molar-refractivity contribution is 5.83. The smallest absolute Gasteiger partial charge is 0.242 e. The van der Waals surface area contributed by atoms with Gasteiger partial charge in [0.1, 0.15) is 11.9 Å². The molecule has 1 saturated heterocycles. The van der Waals surface area contributed by atoms with Crippen molar-refractivity contribution in [3.05, 3.63) is 35.6 Å². The van der Waals surface area contributed by atoms with Crippen LogP contribution in [0.2, 0.25) is 0 Å². The molecule has 114 valence electrons. The molecule has 1 N–H and O–H groups in total.